The highest BCUT2D eigenvalue weighted by Crippen LogP contribution is 2.40. The van der Waals surface area contributed by atoms with Gasteiger partial charge in [0, 0.05) is 12.8 Å². The fourth-order valence-corrected chi connectivity index (χ4v) is 0.0945. The highest BCUT2D eigenvalue weighted by molar-refractivity contribution is 4.81. The number of hydrogen-bond donors (Lipinski definition) is 0. The Bertz CT molecular complexity index is 44.9. The molecule has 0 aromatic rings. The van der Waals surface area contributed by atoms with Crippen LogP contribution < -0.4 is 0 Å². The maximum Gasteiger partial charge on any atom is 0.248 e. The molecule has 0 bridgehead atoms. The molecule has 1 fully saturated rings. The lowest BCUT2D eigenvalue weighted by Crippen LogP contribution is -1.79. The molecule has 58 valence electrons. The van der Waals surface area contributed by atoms with E-state index in [-0.39, 0.29) is 12.8 Å². The van der Waals surface area contributed by atoms with E-state index in [4.69, 9.17) is 0 Å². The van der Waals surface area contributed by atoms with Gasteiger partial charge in [-0.25, -0.2) is 8.78 Å². The molecule has 0 N–H and O–H groups in total. The van der Waals surface area contributed by atoms with Crippen LogP contribution in [-0.2, 0) is 0 Å². The minimum absolute atomic E-state index is 0.118. The summed E-state index contributed by atoms with van der Waals surface area (Å²) in [4.78, 5) is 0. The average Bonchev–Trinajstić information content (AvgIpc) is 2.56. The molecule has 2 heteroatoms. The third kappa shape index (κ3) is 11.4. The van der Waals surface area contributed by atoms with Crippen LogP contribution in [0.25, 0.3) is 0 Å². The Balaban J connectivity index is 0. The van der Waals surface area contributed by atoms with E-state index in [1.807, 2.05) is 27.7 Å². The first kappa shape index (κ1) is 11.6. The van der Waals surface area contributed by atoms with Crippen molar-refractivity contribution in [1.82, 2.24) is 0 Å². The molecule has 1 rings (SSSR count). The van der Waals surface area contributed by atoms with E-state index in [1.54, 1.807) is 0 Å². The van der Waals surface area contributed by atoms with Gasteiger partial charge in [-0.3, -0.25) is 0 Å². The molecule has 0 aromatic heterocycles. The largest absolute Gasteiger partial charge is 0.248 e. The molecule has 0 nitrogen and oxygen atoms in total. The van der Waals surface area contributed by atoms with Crippen LogP contribution in [0.4, 0.5) is 8.78 Å². The predicted octanol–water partition coefficient (Wildman–Crippen LogP) is 3.47. The fraction of sp³-hybridized carbons (Fsp3) is 1.00. The molecule has 0 heterocycles. The van der Waals surface area contributed by atoms with Crippen molar-refractivity contribution in [1.29, 1.82) is 0 Å². The molecule has 0 unspecified atom stereocenters. The van der Waals surface area contributed by atoms with Gasteiger partial charge in [0.1, 0.15) is 0 Å². The zero-order chi connectivity index (χ0) is 7.91. The lowest BCUT2D eigenvalue weighted by molar-refractivity contribution is 0.120. The highest BCUT2D eigenvalue weighted by Gasteiger charge is 2.43. The van der Waals surface area contributed by atoms with Crippen molar-refractivity contribution in [3.63, 3.8) is 0 Å². The summed E-state index contributed by atoms with van der Waals surface area (Å²) in [5.74, 6) is -2.25. The quantitative estimate of drug-likeness (QED) is 0.480. The van der Waals surface area contributed by atoms with Crippen LogP contribution in [0.15, 0.2) is 0 Å². The number of rotatable bonds is 0. The predicted molar refractivity (Wildman–Crippen MR) is 36.9 cm³/mol. The monoisotopic (exact) mass is 138 g/mol. The molecule has 1 aliphatic rings. The lowest BCUT2D eigenvalue weighted by Gasteiger charge is -1.76. The van der Waals surface area contributed by atoms with Gasteiger partial charge in [0.2, 0.25) is 5.92 Å². The molecule has 0 aliphatic heterocycles. The summed E-state index contributed by atoms with van der Waals surface area (Å²) in [6, 6.07) is 0. The first-order chi connectivity index (χ1) is 4.21. The van der Waals surface area contributed by atoms with Crippen LogP contribution in [-0.4, -0.2) is 5.92 Å². The van der Waals surface area contributed by atoms with Crippen molar-refractivity contribution in [2.75, 3.05) is 0 Å². The summed E-state index contributed by atoms with van der Waals surface area (Å²) in [5, 5.41) is 0. The number of hydrogen-bond acceptors (Lipinski definition) is 0. The van der Waals surface area contributed by atoms with Crippen molar-refractivity contribution in [3.05, 3.63) is 0 Å². The molecule has 1 aliphatic carbocycles. The van der Waals surface area contributed by atoms with Crippen molar-refractivity contribution in [3.8, 4) is 0 Å². The Morgan fingerprint density at radius 1 is 0.889 bits per heavy atom. The molecule has 0 aromatic carbocycles. The van der Waals surface area contributed by atoms with Crippen molar-refractivity contribution >= 4 is 0 Å². The van der Waals surface area contributed by atoms with Crippen LogP contribution in [0.2, 0.25) is 0 Å². The van der Waals surface area contributed by atoms with Crippen molar-refractivity contribution < 1.29 is 8.78 Å². The molecule has 1 saturated carbocycles. The summed E-state index contributed by atoms with van der Waals surface area (Å²) in [7, 11) is 0. The van der Waals surface area contributed by atoms with E-state index in [1.165, 1.54) is 0 Å². The van der Waals surface area contributed by atoms with Gasteiger partial charge in [-0.2, -0.15) is 0 Å². The zero-order valence-electron chi connectivity index (χ0n) is 6.67. The zero-order valence-corrected chi connectivity index (χ0v) is 6.67. The van der Waals surface area contributed by atoms with E-state index in [0.717, 1.165) is 0 Å². The molecule has 0 saturated heterocycles. The summed E-state index contributed by atoms with van der Waals surface area (Å²) in [6.07, 6.45) is 0.236. The van der Waals surface area contributed by atoms with Gasteiger partial charge in [-0.15, -0.1) is 0 Å². The third-order valence-corrected chi connectivity index (χ3v) is 0.628. The van der Waals surface area contributed by atoms with Gasteiger partial charge in [-0.05, 0) is 0 Å². The maximum absolute atomic E-state index is 11.1. The van der Waals surface area contributed by atoms with E-state index in [0.29, 0.717) is 0 Å². The van der Waals surface area contributed by atoms with Gasteiger partial charge < -0.3 is 0 Å². The SMILES string of the molecule is CC.CC.FC1(F)CC1. The smallest absolute Gasteiger partial charge is 0.207 e. The van der Waals surface area contributed by atoms with Crippen LogP contribution in [0.1, 0.15) is 40.5 Å². The summed E-state index contributed by atoms with van der Waals surface area (Å²) < 4.78 is 22.3. The Morgan fingerprint density at radius 2 is 1.00 bits per heavy atom. The first-order valence-corrected chi connectivity index (χ1v) is 3.59. The molecule has 0 radical (unpaired) electrons. The Labute approximate surface area is 56.3 Å². The molecule has 0 amide bonds. The maximum atomic E-state index is 11.1. The van der Waals surface area contributed by atoms with E-state index < -0.39 is 5.92 Å². The van der Waals surface area contributed by atoms with Crippen LogP contribution in [0.3, 0.4) is 0 Å². The second-order valence-electron chi connectivity index (χ2n) is 1.36. The number of halogens is 2. The van der Waals surface area contributed by atoms with Crippen molar-refractivity contribution in [2.45, 2.75) is 46.5 Å². The Morgan fingerprint density at radius 3 is 1.00 bits per heavy atom. The number of alkyl halides is 2. The van der Waals surface area contributed by atoms with Crippen LogP contribution >= 0.6 is 0 Å². The van der Waals surface area contributed by atoms with E-state index in [9.17, 15) is 8.78 Å². The highest BCUT2D eigenvalue weighted by atomic mass is 19.3. The van der Waals surface area contributed by atoms with Gasteiger partial charge in [0.05, 0.1) is 0 Å². The second kappa shape index (κ2) is 5.99. The minimum atomic E-state index is -2.25. The van der Waals surface area contributed by atoms with Gasteiger partial charge >= 0.3 is 0 Å². The average molecular weight is 138 g/mol. The Hall–Kier alpha value is -0.140. The van der Waals surface area contributed by atoms with E-state index in [2.05, 4.69) is 0 Å². The molecule has 0 spiro atoms. The molecule has 9 heavy (non-hydrogen) atoms. The topological polar surface area (TPSA) is 0 Å². The molecular formula is C7H16F2. The van der Waals surface area contributed by atoms with Gasteiger partial charge in [-0.1, -0.05) is 27.7 Å². The summed E-state index contributed by atoms with van der Waals surface area (Å²) >= 11 is 0. The standard InChI is InChI=1S/C3H4F2.2C2H6/c4-3(5)1-2-3;2*1-2/h1-2H2;2*1-2H3. The summed E-state index contributed by atoms with van der Waals surface area (Å²) in [5.41, 5.74) is 0. The van der Waals surface area contributed by atoms with Gasteiger partial charge in [0.15, 0.2) is 0 Å². The second-order valence-corrected chi connectivity index (χ2v) is 1.36. The lowest BCUT2D eigenvalue weighted by atomic mass is 10.8. The first-order valence-electron chi connectivity index (χ1n) is 3.59. The minimum Gasteiger partial charge on any atom is -0.207 e. The Kier molecular flexibility index (Phi) is 7.74. The molecule has 0 atom stereocenters. The van der Waals surface area contributed by atoms with Crippen molar-refractivity contribution in [2.24, 2.45) is 0 Å². The molecular weight excluding hydrogens is 122 g/mol. The third-order valence-electron chi connectivity index (χ3n) is 0.628. The van der Waals surface area contributed by atoms with E-state index >= 15 is 0 Å². The van der Waals surface area contributed by atoms with Crippen LogP contribution in [0, 0.1) is 0 Å². The van der Waals surface area contributed by atoms with Crippen LogP contribution in [0.5, 0.6) is 0 Å². The summed E-state index contributed by atoms with van der Waals surface area (Å²) in [6.45, 7) is 8.00. The van der Waals surface area contributed by atoms with Gasteiger partial charge in [0.25, 0.3) is 0 Å². The normalized spacial score (nSPS) is 18.0. The fourth-order valence-electron chi connectivity index (χ4n) is 0.0945.